The molecular formula is C18H20Cl2N2O2. The van der Waals surface area contributed by atoms with E-state index in [1.807, 2.05) is 38.1 Å². The van der Waals surface area contributed by atoms with Crippen LogP contribution in [0.25, 0.3) is 0 Å². The van der Waals surface area contributed by atoms with Gasteiger partial charge in [-0.25, -0.2) is 0 Å². The molecule has 0 heterocycles. The summed E-state index contributed by atoms with van der Waals surface area (Å²) in [5, 5.41) is 5.44. The lowest BCUT2D eigenvalue weighted by molar-refractivity contribution is 0.288. The van der Waals surface area contributed by atoms with Gasteiger partial charge in [0.2, 0.25) is 0 Å². The van der Waals surface area contributed by atoms with Crippen molar-refractivity contribution in [2.45, 2.75) is 20.4 Å². The standard InChI is InChI=1S/C18H20Cl2N2O2/c1-3-23-17-9-8-13(10-18(17)24-4-2)11-21-22-12-14-15(19)6-5-7-16(14)20/h5-11,22H,3-4,12H2,1-2H3/b21-11+. The van der Waals surface area contributed by atoms with Crippen molar-refractivity contribution in [2.75, 3.05) is 13.2 Å². The fraction of sp³-hybridized carbons (Fsp3) is 0.278. The molecular weight excluding hydrogens is 347 g/mol. The lowest BCUT2D eigenvalue weighted by Gasteiger charge is -2.11. The molecule has 2 aromatic carbocycles. The third-order valence-corrected chi connectivity index (χ3v) is 3.90. The molecule has 24 heavy (non-hydrogen) atoms. The van der Waals surface area contributed by atoms with Gasteiger partial charge in [-0.2, -0.15) is 5.10 Å². The Morgan fingerprint density at radius 3 is 2.33 bits per heavy atom. The molecule has 0 aliphatic heterocycles. The summed E-state index contributed by atoms with van der Waals surface area (Å²) in [5.74, 6) is 1.43. The van der Waals surface area contributed by atoms with E-state index in [4.69, 9.17) is 32.7 Å². The summed E-state index contributed by atoms with van der Waals surface area (Å²) < 4.78 is 11.1. The molecule has 0 atom stereocenters. The topological polar surface area (TPSA) is 42.8 Å². The van der Waals surface area contributed by atoms with E-state index >= 15 is 0 Å². The van der Waals surface area contributed by atoms with Gasteiger partial charge in [0.25, 0.3) is 0 Å². The molecule has 6 heteroatoms. The highest BCUT2D eigenvalue weighted by Crippen LogP contribution is 2.28. The van der Waals surface area contributed by atoms with Crippen molar-refractivity contribution >= 4 is 29.4 Å². The van der Waals surface area contributed by atoms with Crippen molar-refractivity contribution in [1.29, 1.82) is 0 Å². The molecule has 0 saturated carbocycles. The fourth-order valence-electron chi connectivity index (χ4n) is 2.09. The van der Waals surface area contributed by atoms with Crippen molar-refractivity contribution in [3.63, 3.8) is 0 Å². The maximum absolute atomic E-state index is 6.12. The molecule has 2 rings (SSSR count). The van der Waals surface area contributed by atoms with E-state index in [1.54, 1.807) is 18.3 Å². The predicted molar refractivity (Wildman–Crippen MR) is 99.7 cm³/mol. The summed E-state index contributed by atoms with van der Waals surface area (Å²) in [6, 6.07) is 11.1. The zero-order valence-corrected chi connectivity index (χ0v) is 15.2. The Bertz CT molecular complexity index is 685. The van der Waals surface area contributed by atoms with E-state index in [-0.39, 0.29) is 0 Å². The Morgan fingerprint density at radius 1 is 1.00 bits per heavy atom. The highest BCUT2D eigenvalue weighted by atomic mass is 35.5. The molecule has 1 N–H and O–H groups in total. The van der Waals surface area contributed by atoms with Gasteiger partial charge in [0.15, 0.2) is 11.5 Å². The molecule has 0 unspecified atom stereocenters. The van der Waals surface area contributed by atoms with Crippen LogP contribution in [0.1, 0.15) is 25.0 Å². The van der Waals surface area contributed by atoms with Crippen LogP contribution in [-0.2, 0) is 6.54 Å². The van der Waals surface area contributed by atoms with Gasteiger partial charge in [-0.3, -0.25) is 0 Å². The third kappa shape index (κ3) is 5.05. The predicted octanol–water partition coefficient (Wildman–Crippen LogP) is 4.91. The van der Waals surface area contributed by atoms with E-state index in [2.05, 4.69) is 10.5 Å². The number of ether oxygens (including phenoxy) is 2. The summed E-state index contributed by atoms with van der Waals surface area (Å²) in [6.45, 7) is 5.49. The molecule has 2 aromatic rings. The van der Waals surface area contributed by atoms with Crippen LogP contribution in [0.5, 0.6) is 11.5 Å². The van der Waals surface area contributed by atoms with Crippen LogP contribution in [0.2, 0.25) is 10.0 Å². The van der Waals surface area contributed by atoms with Crippen LogP contribution in [0.3, 0.4) is 0 Å². The first-order valence-electron chi connectivity index (χ1n) is 7.74. The highest BCUT2D eigenvalue weighted by molar-refractivity contribution is 6.35. The summed E-state index contributed by atoms with van der Waals surface area (Å²) in [4.78, 5) is 0. The van der Waals surface area contributed by atoms with Crippen LogP contribution < -0.4 is 14.9 Å². The molecule has 0 bridgehead atoms. The average Bonchev–Trinajstić information content (AvgIpc) is 2.56. The van der Waals surface area contributed by atoms with Gasteiger partial charge < -0.3 is 14.9 Å². The quantitative estimate of drug-likeness (QED) is 0.532. The summed E-state index contributed by atoms with van der Waals surface area (Å²) >= 11 is 12.2. The minimum atomic E-state index is 0.449. The first-order chi connectivity index (χ1) is 11.7. The second kappa shape index (κ2) is 9.40. The smallest absolute Gasteiger partial charge is 0.161 e. The molecule has 0 aromatic heterocycles. The zero-order valence-electron chi connectivity index (χ0n) is 13.7. The zero-order chi connectivity index (χ0) is 17.4. The molecule has 0 aliphatic rings. The number of halogens is 2. The van der Waals surface area contributed by atoms with Crippen molar-refractivity contribution < 1.29 is 9.47 Å². The van der Waals surface area contributed by atoms with Crippen LogP contribution >= 0.6 is 23.2 Å². The highest BCUT2D eigenvalue weighted by Gasteiger charge is 2.06. The van der Waals surface area contributed by atoms with Gasteiger partial charge >= 0.3 is 0 Å². The summed E-state index contributed by atoms with van der Waals surface area (Å²) in [6.07, 6.45) is 1.71. The van der Waals surface area contributed by atoms with E-state index < -0.39 is 0 Å². The van der Waals surface area contributed by atoms with E-state index in [9.17, 15) is 0 Å². The molecule has 0 radical (unpaired) electrons. The average molecular weight is 367 g/mol. The van der Waals surface area contributed by atoms with E-state index in [0.29, 0.717) is 35.6 Å². The normalized spacial score (nSPS) is 10.8. The first kappa shape index (κ1) is 18.4. The van der Waals surface area contributed by atoms with Gasteiger partial charge in [-0.15, -0.1) is 0 Å². The number of hydrogen-bond donors (Lipinski definition) is 1. The number of benzene rings is 2. The lowest BCUT2D eigenvalue weighted by Crippen LogP contribution is -2.07. The van der Waals surface area contributed by atoms with E-state index in [1.165, 1.54) is 0 Å². The third-order valence-electron chi connectivity index (χ3n) is 3.19. The minimum Gasteiger partial charge on any atom is -0.490 e. The Kier molecular flexibility index (Phi) is 7.22. The monoisotopic (exact) mass is 366 g/mol. The van der Waals surface area contributed by atoms with Crippen molar-refractivity contribution in [3.05, 3.63) is 57.6 Å². The van der Waals surface area contributed by atoms with Crippen molar-refractivity contribution in [3.8, 4) is 11.5 Å². The molecule has 0 saturated heterocycles. The number of rotatable bonds is 8. The van der Waals surface area contributed by atoms with Crippen molar-refractivity contribution in [1.82, 2.24) is 5.43 Å². The first-order valence-corrected chi connectivity index (χ1v) is 8.49. The van der Waals surface area contributed by atoms with E-state index in [0.717, 1.165) is 16.9 Å². The molecule has 0 amide bonds. The van der Waals surface area contributed by atoms with Gasteiger partial charge in [0, 0.05) is 15.6 Å². The maximum atomic E-state index is 6.12. The minimum absolute atomic E-state index is 0.449. The molecule has 0 fully saturated rings. The maximum Gasteiger partial charge on any atom is 0.161 e. The second-order valence-electron chi connectivity index (χ2n) is 4.87. The van der Waals surface area contributed by atoms with Crippen LogP contribution in [0, 0.1) is 0 Å². The Balaban J connectivity index is 2.02. The summed E-state index contributed by atoms with van der Waals surface area (Å²) in [5.41, 5.74) is 4.67. The fourth-order valence-corrected chi connectivity index (χ4v) is 2.63. The SMILES string of the molecule is CCOc1ccc(/C=N/NCc2c(Cl)cccc2Cl)cc1OCC. The molecule has 0 spiro atoms. The van der Waals surface area contributed by atoms with Gasteiger partial charge in [-0.1, -0.05) is 29.3 Å². The Hall–Kier alpha value is -1.91. The van der Waals surface area contributed by atoms with Crippen molar-refractivity contribution in [2.24, 2.45) is 5.10 Å². The number of nitrogens with zero attached hydrogens (tertiary/aromatic N) is 1. The Labute approximate surface area is 152 Å². The van der Waals surface area contributed by atoms with Gasteiger partial charge in [0.1, 0.15) is 0 Å². The van der Waals surface area contributed by atoms with Crippen LogP contribution in [0.15, 0.2) is 41.5 Å². The van der Waals surface area contributed by atoms with Gasteiger partial charge in [-0.05, 0) is 49.7 Å². The molecule has 0 aliphatic carbocycles. The lowest BCUT2D eigenvalue weighted by atomic mass is 10.2. The second-order valence-corrected chi connectivity index (χ2v) is 5.68. The molecule has 4 nitrogen and oxygen atoms in total. The number of hydrogen-bond acceptors (Lipinski definition) is 4. The Morgan fingerprint density at radius 2 is 1.67 bits per heavy atom. The van der Waals surface area contributed by atoms with Crippen LogP contribution in [0.4, 0.5) is 0 Å². The largest absolute Gasteiger partial charge is 0.490 e. The number of hydrazone groups is 1. The summed E-state index contributed by atoms with van der Waals surface area (Å²) in [7, 11) is 0. The van der Waals surface area contributed by atoms with Gasteiger partial charge in [0.05, 0.1) is 26.0 Å². The number of nitrogens with one attached hydrogen (secondary N) is 1. The van der Waals surface area contributed by atoms with Crippen LogP contribution in [-0.4, -0.2) is 19.4 Å². The molecule has 128 valence electrons.